The molecule has 2 fully saturated rings. The Morgan fingerprint density at radius 1 is 0.962 bits per heavy atom. The van der Waals surface area contributed by atoms with Crippen molar-refractivity contribution in [3.05, 3.63) is 35.9 Å². The number of nitrogens with zero attached hydrogens (tertiary/aromatic N) is 2. The Balaban J connectivity index is 1.41. The van der Waals surface area contributed by atoms with E-state index in [4.69, 9.17) is 0 Å². The molecule has 1 aromatic carbocycles. The first-order chi connectivity index (χ1) is 12.7. The van der Waals surface area contributed by atoms with Gasteiger partial charge in [0.2, 0.25) is 11.8 Å². The predicted molar refractivity (Wildman–Crippen MR) is 102 cm³/mol. The number of piperazine rings is 1. The number of rotatable bonds is 5. The van der Waals surface area contributed by atoms with Crippen LogP contribution >= 0.6 is 0 Å². The number of amides is 2. The summed E-state index contributed by atoms with van der Waals surface area (Å²) in [5.74, 6) is 0.612. The van der Waals surface area contributed by atoms with E-state index in [1.807, 2.05) is 35.2 Å². The molecule has 1 aliphatic carbocycles. The first-order valence-electron chi connectivity index (χ1n) is 10.00. The van der Waals surface area contributed by atoms with E-state index in [9.17, 15) is 9.59 Å². The molecule has 0 atom stereocenters. The summed E-state index contributed by atoms with van der Waals surface area (Å²) >= 11 is 0. The highest BCUT2D eigenvalue weighted by Crippen LogP contribution is 2.30. The molecular formula is C21H31N3O2. The van der Waals surface area contributed by atoms with Gasteiger partial charge >= 0.3 is 0 Å². The summed E-state index contributed by atoms with van der Waals surface area (Å²) in [5.41, 5.74) is 1.12. The number of hydrogen-bond donors (Lipinski definition) is 1. The molecule has 3 rings (SSSR count). The molecule has 0 unspecified atom stereocenters. The summed E-state index contributed by atoms with van der Waals surface area (Å²) in [6, 6.07) is 9.99. The van der Waals surface area contributed by atoms with Crippen molar-refractivity contribution < 1.29 is 9.59 Å². The fourth-order valence-electron chi connectivity index (χ4n) is 4.07. The molecule has 0 bridgehead atoms. The third kappa shape index (κ3) is 4.85. The molecule has 0 radical (unpaired) electrons. The molecule has 0 spiro atoms. The lowest BCUT2D eigenvalue weighted by Crippen LogP contribution is -2.50. The van der Waals surface area contributed by atoms with Gasteiger partial charge in [0.1, 0.15) is 0 Å². The third-order valence-corrected chi connectivity index (χ3v) is 5.89. The van der Waals surface area contributed by atoms with Crippen LogP contribution in [-0.2, 0) is 16.1 Å². The average Bonchev–Trinajstić information content (AvgIpc) is 2.72. The lowest BCUT2D eigenvalue weighted by Gasteiger charge is -2.37. The summed E-state index contributed by atoms with van der Waals surface area (Å²) in [6.45, 7) is 7.49. The molecular weight excluding hydrogens is 326 g/mol. The fraction of sp³-hybridized carbons (Fsp3) is 0.619. The minimum Gasteiger partial charge on any atom is -0.352 e. The number of carbonyl (C=O) groups excluding carboxylic acids is 2. The highest BCUT2D eigenvalue weighted by molar-refractivity contribution is 5.81. The van der Waals surface area contributed by atoms with Crippen molar-refractivity contribution in [3.8, 4) is 0 Å². The maximum atomic E-state index is 12.7. The van der Waals surface area contributed by atoms with Crippen LogP contribution in [0.2, 0.25) is 0 Å². The van der Waals surface area contributed by atoms with Gasteiger partial charge in [0.05, 0.1) is 0 Å². The molecule has 142 valence electrons. The van der Waals surface area contributed by atoms with Crippen LogP contribution in [0.1, 0.15) is 38.2 Å². The second kappa shape index (κ2) is 9.17. The Hall–Kier alpha value is -1.88. The number of hydrogen-bond acceptors (Lipinski definition) is 3. The highest BCUT2D eigenvalue weighted by atomic mass is 16.2. The lowest BCUT2D eigenvalue weighted by atomic mass is 9.80. The zero-order valence-corrected chi connectivity index (χ0v) is 15.8. The van der Waals surface area contributed by atoms with Gasteiger partial charge in [-0.1, -0.05) is 37.3 Å². The summed E-state index contributed by atoms with van der Waals surface area (Å²) in [6.07, 6.45) is 3.34. The number of likely N-dealkylation sites (N-methyl/N-ethyl adjacent to an activating group) is 1. The van der Waals surface area contributed by atoms with Crippen LogP contribution in [0.15, 0.2) is 30.3 Å². The number of nitrogens with one attached hydrogen (secondary N) is 1. The summed E-state index contributed by atoms with van der Waals surface area (Å²) in [7, 11) is 0. The topological polar surface area (TPSA) is 52.7 Å². The SMILES string of the molecule is CCN1CCN(C(=O)C2CCC(C(=O)NCc3ccccc3)CC2)CC1. The quantitative estimate of drug-likeness (QED) is 0.880. The molecule has 1 saturated heterocycles. The molecule has 26 heavy (non-hydrogen) atoms. The number of benzene rings is 1. The summed E-state index contributed by atoms with van der Waals surface area (Å²) < 4.78 is 0. The highest BCUT2D eigenvalue weighted by Gasteiger charge is 2.33. The molecule has 1 saturated carbocycles. The van der Waals surface area contributed by atoms with Crippen LogP contribution < -0.4 is 5.32 Å². The monoisotopic (exact) mass is 357 g/mol. The van der Waals surface area contributed by atoms with Crippen molar-refractivity contribution in [3.63, 3.8) is 0 Å². The van der Waals surface area contributed by atoms with Gasteiger partial charge in [-0.2, -0.15) is 0 Å². The predicted octanol–water partition coefficient (Wildman–Crippen LogP) is 2.27. The Kier molecular flexibility index (Phi) is 6.67. The molecule has 2 aliphatic rings. The van der Waals surface area contributed by atoms with Crippen molar-refractivity contribution >= 4 is 11.8 Å². The van der Waals surface area contributed by atoms with Crippen molar-refractivity contribution in [1.29, 1.82) is 0 Å². The molecule has 5 nitrogen and oxygen atoms in total. The second-order valence-electron chi connectivity index (χ2n) is 7.51. The Morgan fingerprint density at radius 2 is 1.58 bits per heavy atom. The summed E-state index contributed by atoms with van der Waals surface area (Å²) in [5, 5.41) is 3.05. The normalized spacial score (nSPS) is 24.3. The van der Waals surface area contributed by atoms with E-state index in [-0.39, 0.29) is 17.7 Å². The molecule has 5 heteroatoms. The summed E-state index contributed by atoms with van der Waals surface area (Å²) in [4.78, 5) is 29.6. The third-order valence-electron chi connectivity index (χ3n) is 5.89. The van der Waals surface area contributed by atoms with E-state index < -0.39 is 0 Å². The standard InChI is InChI=1S/C21H31N3O2/c1-2-23-12-14-24(15-13-23)21(26)19-10-8-18(9-11-19)20(25)22-16-17-6-4-3-5-7-17/h3-7,18-19H,2,8-16H2,1H3,(H,22,25). The average molecular weight is 357 g/mol. The zero-order valence-electron chi connectivity index (χ0n) is 15.8. The zero-order chi connectivity index (χ0) is 18.4. The van der Waals surface area contributed by atoms with E-state index in [0.717, 1.165) is 64.0 Å². The molecule has 1 N–H and O–H groups in total. The van der Waals surface area contributed by atoms with Gasteiger partial charge in [0.25, 0.3) is 0 Å². The van der Waals surface area contributed by atoms with Gasteiger partial charge in [-0.3, -0.25) is 9.59 Å². The van der Waals surface area contributed by atoms with E-state index in [2.05, 4.69) is 17.1 Å². The lowest BCUT2D eigenvalue weighted by molar-refractivity contribution is -0.140. The van der Waals surface area contributed by atoms with Crippen LogP contribution in [-0.4, -0.2) is 54.3 Å². The molecule has 1 aromatic rings. The second-order valence-corrected chi connectivity index (χ2v) is 7.51. The maximum Gasteiger partial charge on any atom is 0.225 e. The van der Waals surface area contributed by atoms with Gasteiger partial charge < -0.3 is 15.1 Å². The minimum atomic E-state index is 0.0553. The van der Waals surface area contributed by atoms with Crippen molar-refractivity contribution in [2.75, 3.05) is 32.7 Å². The first-order valence-corrected chi connectivity index (χ1v) is 10.00. The van der Waals surface area contributed by atoms with Gasteiger partial charge in [-0.15, -0.1) is 0 Å². The van der Waals surface area contributed by atoms with Gasteiger partial charge in [-0.25, -0.2) is 0 Å². The van der Waals surface area contributed by atoms with Gasteiger partial charge in [-0.05, 0) is 37.8 Å². The smallest absolute Gasteiger partial charge is 0.225 e. The van der Waals surface area contributed by atoms with Crippen LogP contribution in [0.4, 0.5) is 0 Å². The Labute approximate surface area is 156 Å². The van der Waals surface area contributed by atoms with Crippen LogP contribution in [0.3, 0.4) is 0 Å². The number of carbonyl (C=O) groups is 2. The van der Waals surface area contributed by atoms with Gasteiger partial charge in [0.15, 0.2) is 0 Å². The van der Waals surface area contributed by atoms with Gasteiger partial charge in [0, 0.05) is 44.6 Å². The Bertz CT molecular complexity index is 589. The van der Waals surface area contributed by atoms with Crippen LogP contribution in [0.25, 0.3) is 0 Å². The van der Waals surface area contributed by atoms with E-state index in [1.54, 1.807) is 0 Å². The molecule has 1 heterocycles. The molecule has 2 amide bonds. The van der Waals surface area contributed by atoms with E-state index >= 15 is 0 Å². The molecule has 0 aromatic heterocycles. The van der Waals surface area contributed by atoms with Crippen LogP contribution in [0, 0.1) is 11.8 Å². The van der Waals surface area contributed by atoms with Crippen LogP contribution in [0.5, 0.6) is 0 Å². The minimum absolute atomic E-state index is 0.0553. The van der Waals surface area contributed by atoms with E-state index in [0.29, 0.717) is 12.5 Å². The van der Waals surface area contributed by atoms with E-state index in [1.165, 1.54) is 0 Å². The fourth-order valence-corrected chi connectivity index (χ4v) is 4.07. The van der Waals surface area contributed by atoms with Crippen molar-refractivity contribution in [2.24, 2.45) is 11.8 Å². The maximum absolute atomic E-state index is 12.7. The molecule has 1 aliphatic heterocycles. The van der Waals surface area contributed by atoms with Crippen molar-refractivity contribution in [2.45, 2.75) is 39.2 Å². The first kappa shape index (κ1) is 18.9. The van der Waals surface area contributed by atoms with Crippen molar-refractivity contribution in [1.82, 2.24) is 15.1 Å². The largest absolute Gasteiger partial charge is 0.352 e. The Morgan fingerprint density at radius 3 is 2.19 bits per heavy atom.